The SMILES string of the molecule is C=CCNC(=O)C(NC(=O)C(CC)NC(=O)O)c1ccccc1. The molecule has 0 spiro atoms. The Hall–Kier alpha value is -2.83. The molecule has 4 N–H and O–H groups in total. The van der Waals surface area contributed by atoms with Gasteiger partial charge in [0.1, 0.15) is 12.1 Å². The quantitative estimate of drug-likeness (QED) is 0.540. The Bertz CT molecular complexity index is 560. The van der Waals surface area contributed by atoms with Crippen LogP contribution in [0.4, 0.5) is 4.79 Å². The molecule has 0 saturated heterocycles. The van der Waals surface area contributed by atoms with E-state index in [1.807, 2.05) is 0 Å². The maximum atomic E-state index is 12.3. The van der Waals surface area contributed by atoms with Gasteiger partial charge >= 0.3 is 6.09 Å². The fraction of sp³-hybridized carbons (Fsp3) is 0.312. The minimum absolute atomic E-state index is 0.266. The summed E-state index contributed by atoms with van der Waals surface area (Å²) in [5.74, 6) is -0.952. The maximum Gasteiger partial charge on any atom is 0.405 e. The van der Waals surface area contributed by atoms with Crippen molar-refractivity contribution in [2.24, 2.45) is 0 Å². The molecule has 3 amide bonds. The molecule has 0 aromatic heterocycles. The number of benzene rings is 1. The van der Waals surface area contributed by atoms with E-state index in [-0.39, 0.29) is 13.0 Å². The molecule has 0 fully saturated rings. The van der Waals surface area contributed by atoms with Crippen LogP contribution in [-0.2, 0) is 9.59 Å². The van der Waals surface area contributed by atoms with E-state index in [0.29, 0.717) is 5.56 Å². The van der Waals surface area contributed by atoms with Crippen molar-refractivity contribution >= 4 is 17.9 Å². The first kappa shape index (κ1) is 18.2. The molecule has 0 bridgehead atoms. The first-order valence-corrected chi connectivity index (χ1v) is 7.23. The number of carboxylic acid groups (broad SMARTS) is 1. The van der Waals surface area contributed by atoms with Gasteiger partial charge in [-0.15, -0.1) is 6.58 Å². The van der Waals surface area contributed by atoms with E-state index in [2.05, 4.69) is 22.5 Å². The fourth-order valence-corrected chi connectivity index (χ4v) is 1.97. The Labute approximate surface area is 134 Å². The Morgan fingerprint density at radius 2 is 1.83 bits per heavy atom. The Balaban J connectivity index is 2.92. The average Bonchev–Trinajstić information content (AvgIpc) is 2.55. The standard InChI is InChI=1S/C16H21N3O4/c1-3-10-17-15(21)13(11-8-6-5-7-9-11)19-14(20)12(4-2)18-16(22)23/h3,5-9,12-13,18H,1,4,10H2,2H3,(H,17,21)(H,19,20)(H,22,23). The number of amides is 3. The van der Waals surface area contributed by atoms with Crippen molar-refractivity contribution in [2.75, 3.05) is 6.54 Å². The topological polar surface area (TPSA) is 108 Å². The van der Waals surface area contributed by atoms with E-state index in [9.17, 15) is 14.4 Å². The van der Waals surface area contributed by atoms with Gasteiger partial charge in [-0.2, -0.15) is 0 Å². The highest BCUT2D eigenvalue weighted by Crippen LogP contribution is 2.13. The van der Waals surface area contributed by atoms with E-state index in [4.69, 9.17) is 5.11 Å². The molecule has 0 aliphatic heterocycles. The zero-order valence-electron chi connectivity index (χ0n) is 12.9. The first-order chi connectivity index (χ1) is 11.0. The van der Waals surface area contributed by atoms with Gasteiger partial charge in [0.05, 0.1) is 0 Å². The van der Waals surface area contributed by atoms with Crippen LogP contribution in [0.3, 0.4) is 0 Å². The first-order valence-electron chi connectivity index (χ1n) is 7.23. The molecule has 124 valence electrons. The molecule has 0 heterocycles. The van der Waals surface area contributed by atoms with Crippen molar-refractivity contribution < 1.29 is 19.5 Å². The molecule has 2 unspecified atom stereocenters. The van der Waals surface area contributed by atoms with Gasteiger partial charge in [-0.3, -0.25) is 9.59 Å². The molecule has 0 aliphatic rings. The third-order valence-electron chi connectivity index (χ3n) is 3.12. The minimum Gasteiger partial charge on any atom is -0.465 e. The molecule has 7 heteroatoms. The van der Waals surface area contributed by atoms with Gasteiger partial charge in [0.25, 0.3) is 0 Å². The van der Waals surface area contributed by atoms with E-state index in [1.165, 1.54) is 6.08 Å². The van der Waals surface area contributed by atoms with Crippen LogP contribution in [0.1, 0.15) is 24.9 Å². The smallest absolute Gasteiger partial charge is 0.405 e. The number of nitrogens with one attached hydrogen (secondary N) is 3. The summed E-state index contributed by atoms with van der Waals surface area (Å²) >= 11 is 0. The zero-order valence-corrected chi connectivity index (χ0v) is 12.9. The van der Waals surface area contributed by atoms with Crippen LogP contribution in [0.25, 0.3) is 0 Å². The van der Waals surface area contributed by atoms with Gasteiger partial charge in [0.2, 0.25) is 11.8 Å². The number of hydrogen-bond donors (Lipinski definition) is 4. The summed E-state index contributed by atoms with van der Waals surface area (Å²) in [6.45, 7) is 5.47. The van der Waals surface area contributed by atoms with Crippen LogP contribution < -0.4 is 16.0 Å². The number of carbonyl (C=O) groups excluding carboxylic acids is 2. The van der Waals surface area contributed by atoms with Gasteiger partial charge in [0.15, 0.2) is 0 Å². The lowest BCUT2D eigenvalue weighted by molar-refractivity contribution is -0.130. The zero-order chi connectivity index (χ0) is 17.2. The van der Waals surface area contributed by atoms with Crippen LogP contribution >= 0.6 is 0 Å². The monoisotopic (exact) mass is 319 g/mol. The lowest BCUT2D eigenvalue weighted by atomic mass is 10.1. The van der Waals surface area contributed by atoms with E-state index in [0.717, 1.165) is 0 Å². The van der Waals surface area contributed by atoms with Gasteiger partial charge < -0.3 is 21.1 Å². The van der Waals surface area contributed by atoms with Gasteiger partial charge in [-0.05, 0) is 12.0 Å². The van der Waals surface area contributed by atoms with Crippen molar-refractivity contribution in [1.29, 1.82) is 0 Å². The molecule has 0 radical (unpaired) electrons. The molecule has 23 heavy (non-hydrogen) atoms. The summed E-state index contributed by atoms with van der Waals surface area (Å²) < 4.78 is 0. The van der Waals surface area contributed by atoms with Gasteiger partial charge in [-0.1, -0.05) is 43.3 Å². The molecule has 1 rings (SSSR count). The van der Waals surface area contributed by atoms with E-state index >= 15 is 0 Å². The third-order valence-corrected chi connectivity index (χ3v) is 3.12. The van der Waals surface area contributed by atoms with Crippen molar-refractivity contribution in [3.8, 4) is 0 Å². The summed E-state index contributed by atoms with van der Waals surface area (Å²) in [6.07, 6.45) is 0.510. The molecule has 1 aromatic carbocycles. The minimum atomic E-state index is -1.29. The Morgan fingerprint density at radius 3 is 2.35 bits per heavy atom. The summed E-state index contributed by atoms with van der Waals surface area (Å²) in [7, 11) is 0. The second kappa shape index (κ2) is 9.24. The van der Waals surface area contributed by atoms with Crippen molar-refractivity contribution in [1.82, 2.24) is 16.0 Å². The van der Waals surface area contributed by atoms with E-state index < -0.39 is 30.0 Å². The Kier molecular flexibility index (Phi) is 7.32. The molecule has 2 atom stereocenters. The lowest BCUT2D eigenvalue weighted by Gasteiger charge is -2.22. The number of carbonyl (C=O) groups is 3. The second-order valence-corrected chi connectivity index (χ2v) is 4.80. The molecular formula is C16H21N3O4. The predicted molar refractivity (Wildman–Crippen MR) is 85.8 cm³/mol. The van der Waals surface area contributed by atoms with Crippen LogP contribution in [0.15, 0.2) is 43.0 Å². The summed E-state index contributed by atoms with van der Waals surface area (Å²) in [5, 5.41) is 16.1. The highest BCUT2D eigenvalue weighted by molar-refractivity contribution is 5.91. The third kappa shape index (κ3) is 5.82. The van der Waals surface area contributed by atoms with Gasteiger partial charge in [0, 0.05) is 6.54 Å². The molecule has 1 aromatic rings. The Morgan fingerprint density at radius 1 is 1.17 bits per heavy atom. The van der Waals surface area contributed by atoms with Crippen molar-refractivity contribution in [3.05, 3.63) is 48.6 Å². The van der Waals surface area contributed by atoms with Crippen LogP contribution in [0.2, 0.25) is 0 Å². The van der Waals surface area contributed by atoms with Crippen LogP contribution in [0.5, 0.6) is 0 Å². The predicted octanol–water partition coefficient (Wildman–Crippen LogP) is 1.19. The normalized spacial score (nSPS) is 12.6. The molecule has 0 saturated carbocycles. The maximum absolute atomic E-state index is 12.3. The molecular weight excluding hydrogens is 298 g/mol. The number of hydrogen-bond acceptors (Lipinski definition) is 3. The number of rotatable bonds is 8. The fourth-order valence-electron chi connectivity index (χ4n) is 1.97. The second-order valence-electron chi connectivity index (χ2n) is 4.80. The molecule has 7 nitrogen and oxygen atoms in total. The summed E-state index contributed by atoms with van der Waals surface area (Å²) in [5.41, 5.74) is 0.604. The van der Waals surface area contributed by atoms with Crippen LogP contribution in [-0.4, -0.2) is 35.6 Å². The largest absolute Gasteiger partial charge is 0.465 e. The van der Waals surface area contributed by atoms with Crippen LogP contribution in [0, 0.1) is 0 Å². The molecule has 0 aliphatic carbocycles. The highest BCUT2D eigenvalue weighted by Gasteiger charge is 2.26. The average molecular weight is 319 g/mol. The lowest BCUT2D eigenvalue weighted by Crippen LogP contribution is -2.49. The summed E-state index contributed by atoms with van der Waals surface area (Å²) in [6, 6.07) is 6.89. The van der Waals surface area contributed by atoms with Crippen molar-refractivity contribution in [2.45, 2.75) is 25.4 Å². The van der Waals surface area contributed by atoms with Gasteiger partial charge in [-0.25, -0.2) is 4.79 Å². The highest BCUT2D eigenvalue weighted by atomic mass is 16.4. The van der Waals surface area contributed by atoms with Crippen molar-refractivity contribution in [3.63, 3.8) is 0 Å². The summed E-state index contributed by atoms with van der Waals surface area (Å²) in [4.78, 5) is 35.2. The van der Waals surface area contributed by atoms with E-state index in [1.54, 1.807) is 37.3 Å².